The quantitative estimate of drug-likeness (QED) is 0.777. The van der Waals surface area contributed by atoms with Crippen molar-refractivity contribution in [3.05, 3.63) is 33.8 Å². The molecule has 4 nitrogen and oxygen atoms in total. The Balaban J connectivity index is 1.64. The lowest BCUT2D eigenvalue weighted by Crippen LogP contribution is -2.44. The van der Waals surface area contributed by atoms with Crippen LogP contribution in [0.1, 0.15) is 24.8 Å². The number of carbonyl (C=O) groups is 1. The van der Waals surface area contributed by atoms with Gasteiger partial charge in [-0.15, -0.1) is 0 Å². The first-order chi connectivity index (χ1) is 10.5. The summed E-state index contributed by atoms with van der Waals surface area (Å²) >= 11 is 12.0. The van der Waals surface area contributed by atoms with Gasteiger partial charge in [-0.3, -0.25) is 0 Å². The lowest BCUT2D eigenvalue weighted by Gasteiger charge is -2.34. The summed E-state index contributed by atoms with van der Waals surface area (Å²) in [6.45, 7) is 1.31. The predicted octanol–water partition coefficient (Wildman–Crippen LogP) is 3.34. The number of hydrogen-bond donors (Lipinski definition) is 2. The number of urea groups is 1. The summed E-state index contributed by atoms with van der Waals surface area (Å²) in [5, 5.41) is 13.5. The molecule has 1 aromatic rings. The fraction of sp³-hybridized carbons (Fsp3) is 0.562. The molecule has 1 aliphatic rings. The number of nitrogens with zero attached hydrogens (tertiary/aromatic N) is 1. The zero-order chi connectivity index (χ0) is 16.1. The average Bonchev–Trinajstić information content (AvgIpc) is 2.43. The lowest BCUT2D eigenvalue weighted by atomic mass is 9.82. The molecular formula is C16H22Cl2N2O2. The van der Waals surface area contributed by atoms with E-state index >= 15 is 0 Å². The molecule has 2 amide bonds. The summed E-state index contributed by atoms with van der Waals surface area (Å²) < 4.78 is 0. The third-order valence-corrected chi connectivity index (χ3v) is 4.59. The van der Waals surface area contributed by atoms with Gasteiger partial charge in [-0.2, -0.15) is 0 Å². The van der Waals surface area contributed by atoms with Gasteiger partial charge < -0.3 is 15.3 Å². The van der Waals surface area contributed by atoms with Crippen LogP contribution in [0.25, 0.3) is 0 Å². The van der Waals surface area contributed by atoms with Gasteiger partial charge in [0.2, 0.25) is 0 Å². The molecule has 2 rings (SSSR count). The fourth-order valence-corrected chi connectivity index (χ4v) is 3.16. The molecule has 0 aromatic heterocycles. The van der Waals surface area contributed by atoms with E-state index in [4.69, 9.17) is 23.2 Å². The van der Waals surface area contributed by atoms with Gasteiger partial charge in [0.1, 0.15) is 0 Å². The normalized spacial score (nSPS) is 20.4. The number of nitrogens with one attached hydrogen (secondary N) is 1. The standard InChI is InChI=1S/C16H22Cl2N2O2/c1-20(10-11-7-14(21)8-11)16(22)19-6-2-3-12-4-5-13(17)9-15(12)18/h4-5,9,11,14,21H,2-3,6-8,10H2,1H3,(H,19,22). The molecule has 1 aliphatic carbocycles. The van der Waals surface area contributed by atoms with Crippen molar-refractivity contribution in [1.29, 1.82) is 0 Å². The summed E-state index contributed by atoms with van der Waals surface area (Å²) in [6.07, 6.45) is 3.04. The number of aliphatic hydroxyl groups excluding tert-OH is 1. The topological polar surface area (TPSA) is 52.6 Å². The van der Waals surface area contributed by atoms with E-state index < -0.39 is 0 Å². The van der Waals surface area contributed by atoms with Gasteiger partial charge in [0, 0.05) is 30.2 Å². The predicted molar refractivity (Wildman–Crippen MR) is 89.5 cm³/mol. The Morgan fingerprint density at radius 1 is 1.41 bits per heavy atom. The Labute approximate surface area is 141 Å². The number of aryl methyl sites for hydroxylation is 1. The van der Waals surface area contributed by atoms with Gasteiger partial charge in [0.25, 0.3) is 0 Å². The summed E-state index contributed by atoms with van der Waals surface area (Å²) in [6, 6.07) is 5.41. The number of carbonyl (C=O) groups excluding carboxylic acids is 1. The van der Waals surface area contributed by atoms with Crippen LogP contribution in [-0.4, -0.2) is 42.3 Å². The minimum absolute atomic E-state index is 0.0661. The number of rotatable bonds is 6. The molecule has 0 spiro atoms. The van der Waals surface area contributed by atoms with Gasteiger partial charge in [-0.05, 0) is 49.3 Å². The smallest absolute Gasteiger partial charge is 0.317 e. The first-order valence-corrected chi connectivity index (χ1v) is 8.32. The number of halogens is 2. The second-order valence-corrected chi connectivity index (χ2v) is 6.79. The second kappa shape index (κ2) is 8.04. The van der Waals surface area contributed by atoms with E-state index in [0.29, 0.717) is 29.1 Å². The maximum Gasteiger partial charge on any atom is 0.317 e. The van der Waals surface area contributed by atoms with E-state index in [-0.39, 0.29) is 12.1 Å². The largest absolute Gasteiger partial charge is 0.393 e. The molecule has 0 unspecified atom stereocenters. The molecule has 2 N–H and O–H groups in total. The Hall–Kier alpha value is -0.970. The third kappa shape index (κ3) is 5.04. The Morgan fingerprint density at radius 3 is 2.77 bits per heavy atom. The zero-order valence-electron chi connectivity index (χ0n) is 12.7. The molecule has 0 heterocycles. The molecule has 0 atom stereocenters. The summed E-state index contributed by atoms with van der Waals surface area (Å²) in [5.74, 6) is 0.429. The summed E-state index contributed by atoms with van der Waals surface area (Å²) in [7, 11) is 1.79. The van der Waals surface area contributed by atoms with Crippen molar-refractivity contribution in [2.75, 3.05) is 20.1 Å². The monoisotopic (exact) mass is 344 g/mol. The SMILES string of the molecule is CN(CC1CC(O)C1)C(=O)NCCCc1ccc(Cl)cc1Cl. The Kier molecular flexibility index (Phi) is 6.36. The van der Waals surface area contributed by atoms with Crippen molar-refractivity contribution in [3.63, 3.8) is 0 Å². The van der Waals surface area contributed by atoms with E-state index in [0.717, 1.165) is 31.2 Å². The van der Waals surface area contributed by atoms with Crippen molar-refractivity contribution in [2.45, 2.75) is 31.8 Å². The minimum Gasteiger partial charge on any atom is -0.393 e. The van der Waals surface area contributed by atoms with E-state index in [2.05, 4.69) is 5.32 Å². The van der Waals surface area contributed by atoms with Crippen LogP contribution < -0.4 is 5.32 Å². The van der Waals surface area contributed by atoms with Crippen LogP contribution in [0.15, 0.2) is 18.2 Å². The fourth-order valence-electron chi connectivity index (χ4n) is 2.65. The Morgan fingerprint density at radius 2 is 2.14 bits per heavy atom. The van der Waals surface area contributed by atoms with Gasteiger partial charge in [-0.1, -0.05) is 29.3 Å². The van der Waals surface area contributed by atoms with Gasteiger partial charge in [0.05, 0.1) is 6.10 Å². The van der Waals surface area contributed by atoms with Crippen LogP contribution in [0.2, 0.25) is 10.0 Å². The van der Waals surface area contributed by atoms with Crippen LogP contribution in [0.4, 0.5) is 4.79 Å². The van der Waals surface area contributed by atoms with E-state index in [1.807, 2.05) is 12.1 Å². The summed E-state index contributed by atoms with van der Waals surface area (Å²) in [4.78, 5) is 13.6. The van der Waals surface area contributed by atoms with Crippen molar-refractivity contribution >= 4 is 29.2 Å². The average molecular weight is 345 g/mol. The highest BCUT2D eigenvalue weighted by molar-refractivity contribution is 6.35. The first-order valence-electron chi connectivity index (χ1n) is 7.56. The zero-order valence-corrected chi connectivity index (χ0v) is 14.2. The Bertz CT molecular complexity index is 519. The molecular weight excluding hydrogens is 323 g/mol. The molecule has 0 radical (unpaired) electrons. The number of aliphatic hydroxyl groups is 1. The third-order valence-electron chi connectivity index (χ3n) is 4.00. The van der Waals surface area contributed by atoms with E-state index in [9.17, 15) is 9.90 Å². The lowest BCUT2D eigenvalue weighted by molar-refractivity contribution is 0.0325. The van der Waals surface area contributed by atoms with Crippen molar-refractivity contribution in [1.82, 2.24) is 10.2 Å². The number of amides is 2. The summed E-state index contributed by atoms with van der Waals surface area (Å²) in [5.41, 5.74) is 1.04. The van der Waals surface area contributed by atoms with Crippen LogP contribution in [0.3, 0.4) is 0 Å². The van der Waals surface area contributed by atoms with Crippen LogP contribution in [0, 0.1) is 5.92 Å². The highest BCUT2D eigenvalue weighted by Crippen LogP contribution is 2.27. The molecule has 1 aromatic carbocycles. The molecule has 0 aliphatic heterocycles. The van der Waals surface area contributed by atoms with Gasteiger partial charge in [-0.25, -0.2) is 4.79 Å². The van der Waals surface area contributed by atoms with Gasteiger partial charge in [0.15, 0.2) is 0 Å². The van der Waals surface area contributed by atoms with Crippen LogP contribution in [0.5, 0.6) is 0 Å². The number of hydrogen-bond acceptors (Lipinski definition) is 2. The van der Waals surface area contributed by atoms with Crippen molar-refractivity contribution < 1.29 is 9.90 Å². The molecule has 122 valence electrons. The van der Waals surface area contributed by atoms with E-state index in [1.54, 1.807) is 18.0 Å². The highest BCUT2D eigenvalue weighted by Gasteiger charge is 2.28. The number of benzene rings is 1. The molecule has 1 saturated carbocycles. The maximum absolute atomic E-state index is 11.9. The first kappa shape index (κ1) is 17.4. The van der Waals surface area contributed by atoms with E-state index in [1.165, 1.54) is 0 Å². The maximum atomic E-state index is 11.9. The van der Waals surface area contributed by atoms with Gasteiger partial charge >= 0.3 is 6.03 Å². The molecule has 0 bridgehead atoms. The highest BCUT2D eigenvalue weighted by atomic mass is 35.5. The van der Waals surface area contributed by atoms with Crippen LogP contribution >= 0.6 is 23.2 Å². The second-order valence-electron chi connectivity index (χ2n) is 5.94. The molecule has 6 heteroatoms. The minimum atomic E-state index is -0.175. The van der Waals surface area contributed by atoms with Crippen molar-refractivity contribution in [2.24, 2.45) is 5.92 Å². The molecule has 0 saturated heterocycles. The molecule has 1 fully saturated rings. The van der Waals surface area contributed by atoms with Crippen molar-refractivity contribution in [3.8, 4) is 0 Å². The van der Waals surface area contributed by atoms with Crippen LogP contribution in [-0.2, 0) is 6.42 Å². The molecule has 22 heavy (non-hydrogen) atoms.